The van der Waals surface area contributed by atoms with Gasteiger partial charge in [0.05, 0.1) is 46.4 Å². The molecule has 6 nitrogen and oxygen atoms in total. The van der Waals surface area contributed by atoms with Crippen molar-refractivity contribution in [3.63, 3.8) is 0 Å². The Hall–Kier alpha value is -2.34. The first-order chi connectivity index (χ1) is 21.4. The normalized spacial score (nSPS) is 11.7. The number of carbonyl (C=O) groups is 2. The molecule has 0 amide bonds. The third-order valence-corrected chi connectivity index (χ3v) is 10.1. The molecule has 0 bridgehead atoms. The fourth-order valence-corrected chi connectivity index (χ4v) is 7.47. The van der Waals surface area contributed by atoms with E-state index in [9.17, 15) is 9.59 Å². The highest BCUT2D eigenvalue weighted by Crippen LogP contribution is 2.38. The fraction of sp³-hybridized carbons (Fsp3) is 0.444. The molecule has 2 heterocycles. The Morgan fingerprint density at radius 2 is 0.932 bits per heavy atom. The number of ether oxygens (including phenoxy) is 2. The molecule has 0 atom stereocenters. The van der Waals surface area contributed by atoms with Crippen LogP contribution in [0.15, 0.2) is 36.4 Å². The van der Waals surface area contributed by atoms with Gasteiger partial charge in [-0.2, -0.15) is 0 Å². The molecule has 0 aliphatic heterocycles. The highest BCUT2D eigenvalue weighted by Gasteiger charge is 2.19. The fourth-order valence-electron chi connectivity index (χ4n) is 5.95. The monoisotopic (exact) mass is 820 g/mol. The van der Waals surface area contributed by atoms with Gasteiger partial charge in [0, 0.05) is 28.7 Å². The Kier molecular flexibility index (Phi) is 11.8. The number of hydrogen-bond acceptors (Lipinski definition) is 4. The van der Waals surface area contributed by atoms with E-state index in [1.165, 1.54) is 51.4 Å². The maximum atomic E-state index is 12.9. The number of hydrogen-bond donors (Lipinski definition) is 2. The van der Waals surface area contributed by atoms with Crippen molar-refractivity contribution < 1.29 is 19.1 Å². The van der Waals surface area contributed by atoms with Crippen LogP contribution < -0.4 is 0 Å². The highest BCUT2D eigenvalue weighted by atomic mass is 127. The number of aromatic nitrogens is 2. The summed E-state index contributed by atoms with van der Waals surface area (Å²) in [6.45, 7) is 5.34. The topological polar surface area (TPSA) is 84.2 Å². The third-order valence-electron chi connectivity index (χ3n) is 8.40. The van der Waals surface area contributed by atoms with E-state index in [1.807, 2.05) is 24.3 Å². The van der Waals surface area contributed by atoms with Crippen molar-refractivity contribution in [1.82, 2.24) is 9.97 Å². The molecule has 0 aliphatic rings. The van der Waals surface area contributed by atoms with Crippen molar-refractivity contribution in [2.45, 2.75) is 90.9 Å². The van der Waals surface area contributed by atoms with E-state index in [0.29, 0.717) is 24.3 Å². The van der Waals surface area contributed by atoms with Gasteiger partial charge in [-0.05, 0) is 82.3 Å². The number of unbranched alkanes of at least 4 members (excludes halogenated alkanes) is 10. The quantitative estimate of drug-likeness (QED) is 0.0590. The standard InChI is InChI=1S/C36H42I2N2O4/c1-3-5-7-9-11-13-17-43-35(41)23-19-27-25-15-16-26-28-20-24(36(42)44-18-14-12-10-8-6-4-2)22-30(38)32(28)40-34(26)33(25)39-31(27)29(37)21-23/h15-16,19-22,39-40H,3-14,17-18H2,1-2H3. The molecule has 0 radical (unpaired) electrons. The van der Waals surface area contributed by atoms with Gasteiger partial charge >= 0.3 is 11.9 Å². The molecule has 0 unspecified atom stereocenters. The SMILES string of the molecule is CCCCCCCCOC(=O)c1cc(I)c2[nH]c3c(ccc4c5cc(C(=O)OCCCCCCCC)cc(I)c5[nH]c43)c2c1. The molecular formula is C36H42I2N2O4. The lowest BCUT2D eigenvalue weighted by Gasteiger charge is -2.06. The molecule has 0 fully saturated rings. The smallest absolute Gasteiger partial charge is 0.338 e. The largest absolute Gasteiger partial charge is 0.462 e. The van der Waals surface area contributed by atoms with Crippen molar-refractivity contribution in [2.75, 3.05) is 13.2 Å². The van der Waals surface area contributed by atoms with Crippen molar-refractivity contribution in [3.05, 3.63) is 54.7 Å². The third kappa shape index (κ3) is 7.54. The summed E-state index contributed by atoms with van der Waals surface area (Å²) in [5.74, 6) is -0.547. The van der Waals surface area contributed by atoms with E-state index in [1.54, 1.807) is 0 Å². The average molecular weight is 821 g/mol. The Balaban J connectivity index is 1.36. The lowest BCUT2D eigenvalue weighted by Crippen LogP contribution is -2.07. The molecule has 3 aromatic carbocycles. The second-order valence-electron chi connectivity index (χ2n) is 11.7. The molecule has 5 rings (SSSR count). The van der Waals surface area contributed by atoms with Crippen LogP contribution in [0.3, 0.4) is 0 Å². The molecule has 0 saturated heterocycles. The number of carbonyl (C=O) groups excluding carboxylic acids is 2. The predicted octanol–water partition coefficient (Wildman–Crippen LogP) is 11.2. The number of esters is 2. The minimum atomic E-state index is -0.273. The molecule has 5 aromatic rings. The Morgan fingerprint density at radius 3 is 1.34 bits per heavy atom. The second kappa shape index (κ2) is 15.8. The van der Waals surface area contributed by atoms with Crippen LogP contribution in [0.25, 0.3) is 43.6 Å². The number of rotatable bonds is 16. The van der Waals surface area contributed by atoms with E-state index < -0.39 is 0 Å². The van der Waals surface area contributed by atoms with Crippen molar-refractivity contribution in [2.24, 2.45) is 0 Å². The minimum Gasteiger partial charge on any atom is -0.462 e. The van der Waals surface area contributed by atoms with Crippen LogP contribution in [0.4, 0.5) is 0 Å². The number of benzene rings is 3. The van der Waals surface area contributed by atoms with Crippen LogP contribution in [-0.4, -0.2) is 35.1 Å². The molecule has 2 aromatic heterocycles. The molecule has 2 N–H and O–H groups in total. The zero-order valence-electron chi connectivity index (χ0n) is 25.8. The summed E-state index contributed by atoms with van der Waals surface area (Å²) in [6.07, 6.45) is 13.8. The van der Waals surface area contributed by atoms with Crippen molar-refractivity contribution >= 4 is 101 Å². The molecule has 234 valence electrons. The number of fused-ring (bicyclic) bond motifs is 7. The van der Waals surface area contributed by atoms with E-state index >= 15 is 0 Å². The number of nitrogens with one attached hydrogen (secondary N) is 2. The highest BCUT2D eigenvalue weighted by molar-refractivity contribution is 14.1. The van der Waals surface area contributed by atoms with Gasteiger partial charge < -0.3 is 19.4 Å². The lowest BCUT2D eigenvalue weighted by molar-refractivity contribution is 0.0488. The van der Waals surface area contributed by atoms with Gasteiger partial charge in [0.2, 0.25) is 0 Å². The van der Waals surface area contributed by atoms with Gasteiger partial charge in [-0.1, -0.05) is 90.2 Å². The molecule has 8 heteroatoms. The van der Waals surface area contributed by atoms with Crippen LogP contribution in [0.2, 0.25) is 0 Å². The van der Waals surface area contributed by atoms with E-state index in [0.717, 1.165) is 76.4 Å². The predicted molar refractivity (Wildman–Crippen MR) is 198 cm³/mol. The summed E-state index contributed by atoms with van der Waals surface area (Å²) < 4.78 is 13.2. The van der Waals surface area contributed by atoms with Gasteiger partial charge in [0.25, 0.3) is 0 Å². The number of H-pyrrole nitrogens is 2. The zero-order chi connectivity index (χ0) is 31.1. The van der Waals surface area contributed by atoms with Gasteiger partial charge in [-0.3, -0.25) is 0 Å². The van der Waals surface area contributed by atoms with Gasteiger partial charge in [-0.25, -0.2) is 9.59 Å². The summed E-state index contributed by atoms with van der Waals surface area (Å²) in [7, 11) is 0. The maximum absolute atomic E-state index is 12.9. The van der Waals surface area contributed by atoms with Crippen LogP contribution in [0.5, 0.6) is 0 Å². The maximum Gasteiger partial charge on any atom is 0.338 e. The van der Waals surface area contributed by atoms with Gasteiger partial charge in [0.1, 0.15) is 0 Å². The van der Waals surface area contributed by atoms with Crippen molar-refractivity contribution in [3.8, 4) is 0 Å². The molecule has 44 heavy (non-hydrogen) atoms. The van der Waals surface area contributed by atoms with Crippen LogP contribution in [0.1, 0.15) is 112 Å². The summed E-state index contributed by atoms with van der Waals surface area (Å²) in [5, 5.41) is 4.06. The second-order valence-corrected chi connectivity index (χ2v) is 14.1. The van der Waals surface area contributed by atoms with Crippen LogP contribution >= 0.6 is 45.2 Å². The first kappa shape index (κ1) is 33.0. The van der Waals surface area contributed by atoms with Gasteiger partial charge in [-0.15, -0.1) is 0 Å². The molecule has 0 spiro atoms. The first-order valence-electron chi connectivity index (χ1n) is 16.2. The Labute approximate surface area is 286 Å². The zero-order valence-corrected chi connectivity index (χ0v) is 30.1. The number of halogens is 2. The Bertz CT molecular complexity index is 1640. The molecular weight excluding hydrogens is 778 g/mol. The average Bonchev–Trinajstić information content (AvgIpc) is 3.59. The van der Waals surface area contributed by atoms with Crippen LogP contribution in [-0.2, 0) is 9.47 Å². The van der Waals surface area contributed by atoms with Crippen molar-refractivity contribution in [1.29, 1.82) is 0 Å². The minimum absolute atomic E-state index is 0.273. The van der Waals surface area contributed by atoms with Crippen LogP contribution in [0, 0.1) is 7.14 Å². The first-order valence-corrected chi connectivity index (χ1v) is 18.3. The van der Waals surface area contributed by atoms with E-state index in [2.05, 4.69) is 81.1 Å². The van der Waals surface area contributed by atoms with Gasteiger partial charge in [0.15, 0.2) is 0 Å². The van der Waals surface area contributed by atoms with E-state index in [4.69, 9.17) is 9.47 Å². The number of aromatic amines is 2. The lowest BCUT2D eigenvalue weighted by atomic mass is 10.1. The summed E-state index contributed by atoms with van der Waals surface area (Å²) >= 11 is 4.58. The summed E-state index contributed by atoms with van der Waals surface area (Å²) in [5.41, 5.74) is 5.09. The molecule has 0 saturated carbocycles. The summed E-state index contributed by atoms with van der Waals surface area (Å²) in [4.78, 5) is 33.1. The Morgan fingerprint density at radius 1 is 0.545 bits per heavy atom. The summed E-state index contributed by atoms with van der Waals surface area (Å²) in [6, 6.07) is 11.9. The molecule has 0 aliphatic carbocycles. The van der Waals surface area contributed by atoms with E-state index in [-0.39, 0.29) is 11.9 Å².